The third kappa shape index (κ3) is 5.62. The lowest BCUT2D eigenvalue weighted by Gasteiger charge is -2.35. The third-order valence-electron chi connectivity index (χ3n) is 4.44. The van der Waals surface area contributed by atoms with Crippen molar-refractivity contribution in [2.24, 2.45) is 0 Å². The molecule has 1 fully saturated rings. The zero-order valence-corrected chi connectivity index (χ0v) is 15.8. The Morgan fingerprint density at radius 2 is 1.75 bits per heavy atom. The summed E-state index contributed by atoms with van der Waals surface area (Å²) in [4.78, 5) is 14.4. The molecule has 3 rings (SSSR count). The van der Waals surface area contributed by atoms with Crippen molar-refractivity contribution in [3.8, 4) is 11.5 Å². The predicted molar refractivity (Wildman–Crippen MR) is 111 cm³/mol. The summed E-state index contributed by atoms with van der Waals surface area (Å²) < 4.78 is 5.44. The van der Waals surface area contributed by atoms with Crippen LogP contribution in [-0.4, -0.2) is 48.8 Å². The summed E-state index contributed by atoms with van der Waals surface area (Å²) >= 11 is 0. The number of piperazine rings is 1. The minimum absolute atomic E-state index is 0.148. The third-order valence-corrected chi connectivity index (χ3v) is 4.44. The van der Waals surface area contributed by atoms with Gasteiger partial charge in [0.1, 0.15) is 18.1 Å². The van der Waals surface area contributed by atoms with Crippen LogP contribution >= 0.6 is 0 Å². The Labute approximate surface area is 165 Å². The van der Waals surface area contributed by atoms with Gasteiger partial charge in [0.05, 0.1) is 0 Å². The first-order chi connectivity index (χ1) is 13.6. The topological polar surface area (TPSA) is 65.0 Å². The van der Waals surface area contributed by atoms with Crippen molar-refractivity contribution < 1.29 is 14.6 Å². The van der Waals surface area contributed by atoms with E-state index >= 15 is 0 Å². The highest BCUT2D eigenvalue weighted by Crippen LogP contribution is 2.19. The Kier molecular flexibility index (Phi) is 6.70. The summed E-state index contributed by atoms with van der Waals surface area (Å²) in [5.74, 6) is 0.887. The molecule has 6 heteroatoms. The molecular formula is C22H25N3O3. The van der Waals surface area contributed by atoms with E-state index in [1.54, 1.807) is 24.3 Å². The fourth-order valence-electron chi connectivity index (χ4n) is 2.94. The van der Waals surface area contributed by atoms with Gasteiger partial charge in [-0.25, -0.2) is 5.01 Å². The summed E-state index contributed by atoms with van der Waals surface area (Å²) in [6, 6.07) is 14.7. The van der Waals surface area contributed by atoms with E-state index in [0.29, 0.717) is 6.61 Å². The van der Waals surface area contributed by atoms with Gasteiger partial charge in [-0.1, -0.05) is 24.8 Å². The second-order valence-electron chi connectivity index (χ2n) is 6.47. The van der Waals surface area contributed by atoms with Crippen molar-refractivity contribution in [3.05, 3.63) is 72.8 Å². The Bertz CT molecular complexity index is 808. The predicted octanol–water partition coefficient (Wildman–Crippen LogP) is 2.82. The Hall–Kier alpha value is -3.25. The van der Waals surface area contributed by atoms with Crippen molar-refractivity contribution in [1.29, 1.82) is 0 Å². The molecule has 0 aliphatic carbocycles. The molecule has 1 amide bonds. The van der Waals surface area contributed by atoms with Crippen LogP contribution in [0.25, 0.3) is 6.08 Å². The van der Waals surface area contributed by atoms with E-state index < -0.39 is 0 Å². The summed E-state index contributed by atoms with van der Waals surface area (Å²) in [7, 11) is 0. The van der Waals surface area contributed by atoms with Crippen LogP contribution in [0.2, 0.25) is 0 Å². The molecule has 1 aliphatic heterocycles. The van der Waals surface area contributed by atoms with E-state index in [-0.39, 0.29) is 11.7 Å². The van der Waals surface area contributed by atoms with Crippen molar-refractivity contribution in [3.63, 3.8) is 0 Å². The molecule has 0 aromatic heterocycles. The number of ether oxygens (including phenoxy) is 1. The number of carbonyl (C=O) groups is 1. The molecule has 2 aromatic carbocycles. The van der Waals surface area contributed by atoms with Crippen LogP contribution in [0.4, 0.5) is 5.69 Å². The highest BCUT2D eigenvalue weighted by molar-refractivity contribution is 5.91. The summed E-state index contributed by atoms with van der Waals surface area (Å²) in [5.41, 5.74) is 4.92. The van der Waals surface area contributed by atoms with Gasteiger partial charge < -0.3 is 14.7 Å². The fourth-order valence-corrected chi connectivity index (χ4v) is 2.94. The molecule has 6 nitrogen and oxygen atoms in total. The van der Waals surface area contributed by atoms with Crippen LogP contribution in [0.3, 0.4) is 0 Å². The van der Waals surface area contributed by atoms with E-state index in [9.17, 15) is 9.90 Å². The van der Waals surface area contributed by atoms with Gasteiger partial charge in [0.15, 0.2) is 0 Å². The van der Waals surface area contributed by atoms with Crippen molar-refractivity contribution in [1.82, 2.24) is 10.4 Å². The van der Waals surface area contributed by atoms with E-state index in [4.69, 9.17) is 4.74 Å². The molecule has 1 aliphatic rings. The normalized spacial score (nSPS) is 14.8. The molecule has 0 spiro atoms. The maximum Gasteiger partial charge on any atom is 0.258 e. The molecule has 0 bridgehead atoms. The standard InChI is InChI=1S/C22H25N3O3/c1-2-17-28-21-10-3-18(4-11-21)5-12-22(27)23-25-15-13-24(14-16-25)19-6-8-20(26)9-7-19/h2-12,26H,1,13-17H2,(H,23,27). The fraction of sp³-hybridized carbons (Fsp3) is 0.227. The van der Waals surface area contributed by atoms with Crippen LogP contribution in [0.1, 0.15) is 5.56 Å². The lowest BCUT2D eigenvalue weighted by atomic mass is 10.2. The summed E-state index contributed by atoms with van der Waals surface area (Å²) in [6.07, 6.45) is 5.01. The summed E-state index contributed by atoms with van der Waals surface area (Å²) in [6.45, 7) is 7.16. The molecule has 0 radical (unpaired) electrons. The average Bonchev–Trinajstić information content (AvgIpc) is 2.73. The van der Waals surface area contributed by atoms with Gasteiger partial charge in [-0.2, -0.15) is 0 Å². The molecule has 1 saturated heterocycles. The molecule has 1 heterocycles. The largest absolute Gasteiger partial charge is 0.508 e. The lowest BCUT2D eigenvalue weighted by molar-refractivity contribution is -0.121. The molecule has 0 saturated carbocycles. The van der Waals surface area contributed by atoms with Crippen LogP contribution in [-0.2, 0) is 4.79 Å². The quantitative estimate of drug-likeness (QED) is 0.572. The van der Waals surface area contributed by atoms with E-state index in [1.165, 1.54) is 6.08 Å². The Morgan fingerprint density at radius 3 is 2.39 bits per heavy atom. The van der Waals surface area contributed by atoms with Gasteiger partial charge in [0.25, 0.3) is 5.91 Å². The number of anilines is 1. The first kappa shape index (κ1) is 19.5. The maximum absolute atomic E-state index is 12.2. The number of phenolic OH excluding ortho intramolecular Hbond substituents is 1. The van der Waals surface area contributed by atoms with Gasteiger partial charge >= 0.3 is 0 Å². The minimum Gasteiger partial charge on any atom is -0.508 e. The van der Waals surface area contributed by atoms with Crippen molar-refractivity contribution >= 4 is 17.7 Å². The van der Waals surface area contributed by atoms with E-state index in [1.807, 2.05) is 41.4 Å². The van der Waals surface area contributed by atoms with Crippen molar-refractivity contribution in [2.45, 2.75) is 0 Å². The maximum atomic E-state index is 12.2. The van der Waals surface area contributed by atoms with Gasteiger partial charge in [0, 0.05) is 37.9 Å². The van der Waals surface area contributed by atoms with Gasteiger partial charge in [0.2, 0.25) is 0 Å². The van der Waals surface area contributed by atoms with Crippen LogP contribution in [0, 0.1) is 0 Å². The number of hydrazine groups is 1. The lowest BCUT2D eigenvalue weighted by Crippen LogP contribution is -2.53. The highest BCUT2D eigenvalue weighted by Gasteiger charge is 2.17. The Balaban J connectivity index is 1.44. The van der Waals surface area contributed by atoms with Gasteiger partial charge in [-0.15, -0.1) is 0 Å². The minimum atomic E-state index is -0.148. The van der Waals surface area contributed by atoms with Crippen LogP contribution < -0.4 is 15.1 Å². The molecule has 2 N–H and O–H groups in total. The second kappa shape index (κ2) is 9.62. The van der Waals surface area contributed by atoms with E-state index in [0.717, 1.165) is 43.2 Å². The molecular weight excluding hydrogens is 354 g/mol. The number of nitrogens with one attached hydrogen (secondary N) is 1. The monoisotopic (exact) mass is 379 g/mol. The zero-order valence-electron chi connectivity index (χ0n) is 15.8. The number of hydrogen-bond donors (Lipinski definition) is 2. The van der Waals surface area contributed by atoms with Gasteiger partial charge in [-0.3, -0.25) is 10.2 Å². The highest BCUT2D eigenvalue weighted by atomic mass is 16.5. The average molecular weight is 379 g/mol. The molecule has 0 atom stereocenters. The second-order valence-corrected chi connectivity index (χ2v) is 6.47. The smallest absolute Gasteiger partial charge is 0.258 e. The number of hydrogen-bond acceptors (Lipinski definition) is 5. The zero-order chi connectivity index (χ0) is 19.8. The number of rotatable bonds is 7. The number of aromatic hydroxyl groups is 1. The van der Waals surface area contributed by atoms with Crippen LogP contribution in [0.15, 0.2) is 67.3 Å². The molecule has 2 aromatic rings. The number of nitrogens with zero attached hydrogens (tertiary/aromatic N) is 2. The Morgan fingerprint density at radius 1 is 1.07 bits per heavy atom. The van der Waals surface area contributed by atoms with E-state index in [2.05, 4.69) is 16.9 Å². The van der Waals surface area contributed by atoms with Crippen LogP contribution in [0.5, 0.6) is 11.5 Å². The molecule has 28 heavy (non-hydrogen) atoms. The SMILES string of the molecule is C=CCOc1ccc(C=CC(=O)NN2CCN(c3ccc(O)cc3)CC2)cc1. The first-order valence-electron chi connectivity index (χ1n) is 9.25. The molecule has 0 unspecified atom stereocenters. The summed E-state index contributed by atoms with van der Waals surface area (Å²) in [5, 5.41) is 11.3. The molecule has 146 valence electrons. The number of phenols is 1. The number of carbonyl (C=O) groups excluding carboxylic acids is 1. The van der Waals surface area contributed by atoms with Crippen molar-refractivity contribution in [2.75, 3.05) is 37.7 Å². The number of amides is 1. The number of benzene rings is 2. The van der Waals surface area contributed by atoms with Gasteiger partial charge in [-0.05, 0) is 48.0 Å². The first-order valence-corrected chi connectivity index (χ1v) is 9.25.